The summed E-state index contributed by atoms with van der Waals surface area (Å²) in [4.78, 5) is 11.3. The summed E-state index contributed by atoms with van der Waals surface area (Å²) in [5, 5.41) is 11.5. The maximum atomic E-state index is 11.3. The first-order valence-electron chi connectivity index (χ1n) is 4.16. The van der Waals surface area contributed by atoms with Gasteiger partial charge in [-0.05, 0) is 0 Å². The van der Waals surface area contributed by atoms with E-state index in [-0.39, 0.29) is 40.9 Å². The van der Waals surface area contributed by atoms with Crippen LogP contribution in [0.4, 0.5) is 0 Å². The molecule has 0 spiro atoms. The molecule has 0 bridgehead atoms. The summed E-state index contributed by atoms with van der Waals surface area (Å²) in [5.41, 5.74) is 0. The molecule has 2 rings (SSSR count). The van der Waals surface area contributed by atoms with E-state index >= 15 is 0 Å². The van der Waals surface area contributed by atoms with Crippen molar-refractivity contribution >= 4 is 15.3 Å². The fourth-order valence-electron chi connectivity index (χ4n) is 1.40. The topological polar surface area (TPSA) is 37.3 Å². The predicted octanol–water partition coefficient (Wildman–Crippen LogP) is -6.26. The molecule has 0 saturated carbocycles. The first-order chi connectivity index (χ1) is 5.83. The minimum atomic E-state index is -0.596. The van der Waals surface area contributed by atoms with Crippen molar-refractivity contribution in [3.05, 3.63) is 19.7 Å². The number of halogens is 2. The number of aliphatic hydroxyl groups excluding tert-OH is 1. The molecule has 14 heavy (non-hydrogen) atoms. The maximum absolute atomic E-state index is 11.3. The molecule has 0 unspecified atom stereocenters. The number of aliphatic hydroxyl groups is 1. The molecule has 0 aromatic rings. The summed E-state index contributed by atoms with van der Waals surface area (Å²) in [6, 6.07) is 0. The first kappa shape index (κ1) is 14.8. The Bertz CT molecular complexity index is 302. The van der Waals surface area contributed by atoms with Gasteiger partial charge in [-0.2, -0.15) is 0 Å². The van der Waals surface area contributed by atoms with Crippen molar-refractivity contribution in [1.29, 1.82) is 0 Å². The summed E-state index contributed by atoms with van der Waals surface area (Å²) in [6.07, 6.45) is 2.75. The van der Waals surface area contributed by atoms with E-state index < -0.39 is 23.2 Å². The number of fused-ring (bicyclic) bond motifs is 1. The molecule has 1 heterocycles. The van der Waals surface area contributed by atoms with Crippen molar-refractivity contribution in [2.24, 2.45) is 0 Å². The van der Waals surface area contributed by atoms with E-state index in [1.54, 1.807) is 0 Å². The van der Waals surface area contributed by atoms with Crippen molar-refractivity contribution < 1.29 is 58.0 Å². The van der Waals surface area contributed by atoms with Gasteiger partial charge in [-0.15, -0.1) is 0 Å². The minimum Gasteiger partial charge on any atom is -1.00 e. The van der Waals surface area contributed by atoms with E-state index in [0.29, 0.717) is 5.78 Å². The number of ketones is 1. The minimum absolute atomic E-state index is 0. The smallest absolute Gasteiger partial charge is 1.00 e. The van der Waals surface area contributed by atoms with Crippen LogP contribution >= 0.6 is 0 Å². The van der Waals surface area contributed by atoms with Crippen LogP contribution < -0.4 is 24.8 Å². The summed E-state index contributed by atoms with van der Waals surface area (Å²) in [6.45, 7) is 0.287. The van der Waals surface area contributed by atoms with Gasteiger partial charge in [0, 0.05) is 0 Å². The molecule has 6 heteroatoms. The molecule has 0 atom stereocenters. The van der Waals surface area contributed by atoms with Crippen LogP contribution in [0.5, 0.6) is 0 Å². The fraction of sp³-hybridized carbons (Fsp3) is 0.375. The Kier molecular flexibility index (Phi) is 6.75. The third-order valence-electron chi connectivity index (χ3n) is 2.12. The van der Waals surface area contributed by atoms with Crippen LogP contribution in [0, 0.1) is 0 Å². The number of allylic oxidation sites excluding steroid dienone is 4. The molecule has 2 nitrogen and oxygen atoms in total. The summed E-state index contributed by atoms with van der Waals surface area (Å²) in [7, 11) is -0.0218. The zero-order valence-corrected chi connectivity index (χ0v) is 12.9. The molecule has 2 aliphatic rings. The average Bonchev–Trinajstić information content (AvgIpc) is 2.72. The third-order valence-corrected chi connectivity index (χ3v) is 8.36. The summed E-state index contributed by atoms with van der Waals surface area (Å²) >= 11 is -0.596. The second kappa shape index (κ2) is 6.39. The molecular weight excluding hydrogens is 318 g/mol. The van der Waals surface area contributed by atoms with Crippen LogP contribution in [0.25, 0.3) is 0 Å². The third kappa shape index (κ3) is 3.14. The van der Waals surface area contributed by atoms with Gasteiger partial charge in [0.25, 0.3) is 0 Å². The van der Waals surface area contributed by atoms with E-state index in [4.69, 9.17) is 5.11 Å². The van der Waals surface area contributed by atoms with Gasteiger partial charge >= 0.3 is 85.3 Å². The Morgan fingerprint density at radius 3 is 2.64 bits per heavy atom. The predicted molar refractivity (Wildman–Crippen MR) is 45.2 cm³/mol. The SMILES string of the molecule is O=C1C=C2[SiH2]C2=[C]1[Zr+2][CH2]CCO.[Cl-].[Cl-]. The van der Waals surface area contributed by atoms with Crippen molar-refractivity contribution in [3.63, 3.8) is 0 Å². The monoisotopic (exact) mass is 326 g/mol. The standard InChI is InChI=1S/C5H3OSi.C3H7O.2ClH.Zr/c6-3-1-4-5(2-3)7-4;1-2-3-4;;;/h1H,7H2;4H,1-3H2;2*1H;/q;;;;+2/p-2. The summed E-state index contributed by atoms with van der Waals surface area (Å²) in [5.74, 6) is 0.322. The van der Waals surface area contributed by atoms with Crippen LogP contribution in [0.1, 0.15) is 6.42 Å². The zero-order chi connectivity index (χ0) is 8.55. The Labute approximate surface area is 109 Å². The van der Waals surface area contributed by atoms with E-state index in [1.165, 1.54) is 13.7 Å². The van der Waals surface area contributed by atoms with Crippen LogP contribution in [0.15, 0.2) is 19.7 Å². The first-order valence-corrected chi connectivity index (χ1v) is 8.54. The quantitative estimate of drug-likeness (QED) is 0.412. The number of carbonyl (C=O) groups excluding carboxylic acids is 1. The normalized spacial score (nSPS) is 18.1. The Morgan fingerprint density at radius 2 is 2.14 bits per heavy atom. The van der Waals surface area contributed by atoms with E-state index in [0.717, 1.165) is 10.5 Å². The molecule has 0 amide bonds. The number of rotatable bonds is 4. The second-order valence-electron chi connectivity index (χ2n) is 3.07. The summed E-state index contributed by atoms with van der Waals surface area (Å²) < 4.78 is 2.37. The van der Waals surface area contributed by atoms with Crippen LogP contribution in [0.3, 0.4) is 0 Å². The van der Waals surface area contributed by atoms with Crippen LogP contribution in [-0.2, 0) is 28.0 Å². The molecular formula is C8H10Cl2O2SiZr. The molecule has 1 aliphatic carbocycles. The van der Waals surface area contributed by atoms with E-state index in [1.807, 2.05) is 6.08 Å². The van der Waals surface area contributed by atoms with Gasteiger partial charge in [0.1, 0.15) is 0 Å². The average molecular weight is 328 g/mol. The van der Waals surface area contributed by atoms with Crippen molar-refractivity contribution in [2.45, 2.75) is 10.5 Å². The number of hydrogen-bond donors (Lipinski definition) is 1. The zero-order valence-electron chi connectivity index (χ0n) is 7.52. The maximum Gasteiger partial charge on any atom is -1.00 e. The molecule has 0 aromatic heterocycles. The number of carbonyl (C=O) groups is 1. The van der Waals surface area contributed by atoms with Crippen molar-refractivity contribution in [1.82, 2.24) is 0 Å². The van der Waals surface area contributed by atoms with Crippen LogP contribution in [-0.4, -0.2) is 27.0 Å². The Hall–Kier alpha value is 0.790. The van der Waals surface area contributed by atoms with E-state index in [2.05, 4.69) is 0 Å². The van der Waals surface area contributed by atoms with Gasteiger partial charge < -0.3 is 24.8 Å². The second-order valence-corrected chi connectivity index (χ2v) is 8.22. The molecule has 1 saturated heterocycles. The van der Waals surface area contributed by atoms with E-state index in [9.17, 15) is 4.79 Å². The van der Waals surface area contributed by atoms with Gasteiger partial charge in [0.2, 0.25) is 0 Å². The van der Waals surface area contributed by atoms with Gasteiger partial charge in [-0.1, -0.05) is 0 Å². The Morgan fingerprint density at radius 1 is 1.43 bits per heavy atom. The number of hydrogen-bond acceptors (Lipinski definition) is 2. The van der Waals surface area contributed by atoms with Crippen molar-refractivity contribution in [2.75, 3.05) is 6.61 Å². The van der Waals surface area contributed by atoms with Crippen molar-refractivity contribution in [3.8, 4) is 0 Å². The molecule has 1 N–H and O–H groups in total. The molecule has 0 aromatic carbocycles. The molecule has 76 valence electrons. The van der Waals surface area contributed by atoms with Gasteiger partial charge in [0.05, 0.1) is 0 Å². The molecule has 1 aliphatic heterocycles. The molecule has 1 fully saturated rings. The molecule has 0 radical (unpaired) electrons. The largest absolute Gasteiger partial charge is 1.00 e. The van der Waals surface area contributed by atoms with Gasteiger partial charge in [0.15, 0.2) is 0 Å². The fourth-order valence-corrected chi connectivity index (χ4v) is 7.40. The van der Waals surface area contributed by atoms with Gasteiger partial charge in [-0.3, -0.25) is 0 Å². The van der Waals surface area contributed by atoms with Crippen LogP contribution in [0.2, 0.25) is 4.13 Å². The Balaban J connectivity index is 0.000000845. The van der Waals surface area contributed by atoms with Gasteiger partial charge in [-0.25, -0.2) is 0 Å².